The molecule has 240 valence electrons. The zero-order valence-electron chi connectivity index (χ0n) is 26.7. The molecule has 4 aromatic rings. The highest BCUT2D eigenvalue weighted by atomic mass is 35.5. The molecular weight excluding hydrogens is 622 g/mol. The predicted octanol–water partition coefficient (Wildman–Crippen LogP) is 6.28. The fourth-order valence-electron chi connectivity index (χ4n) is 5.46. The Bertz CT molecular complexity index is 1910. The van der Waals surface area contributed by atoms with Crippen molar-refractivity contribution in [2.45, 2.75) is 47.3 Å². The molecule has 46 heavy (non-hydrogen) atoms. The molecule has 0 unspecified atom stereocenters. The molecule has 3 aromatic carbocycles. The number of hydrogen-bond donors (Lipinski definition) is 0. The number of carbonyl (C=O) groups is 1. The van der Waals surface area contributed by atoms with E-state index in [9.17, 15) is 9.59 Å². The fourth-order valence-corrected chi connectivity index (χ4v) is 6.62. The van der Waals surface area contributed by atoms with E-state index in [4.69, 9.17) is 30.8 Å². The molecule has 2 heterocycles. The standard InChI is InChI=1S/C36H38ClN3O5S/c1-6-39(7-2)28-17-12-26(30(21-28)45-22-24-10-15-27(37)16-11-24)20-31-34(41)40-33(25-13-18-29(19-14-25)43-8-3)32(35(42)44-9-4)23(5)38-36(40)46-31/h10-21,33H,6-9,22H2,1-5H3/b31-20-/t33-/m0/s1. The topological polar surface area (TPSA) is 82.4 Å². The lowest BCUT2D eigenvalue weighted by atomic mass is 9.96. The van der Waals surface area contributed by atoms with E-state index in [1.807, 2.05) is 79.7 Å². The Morgan fingerprint density at radius 2 is 1.70 bits per heavy atom. The van der Waals surface area contributed by atoms with Gasteiger partial charge in [0.2, 0.25) is 0 Å². The monoisotopic (exact) mass is 659 g/mol. The number of halogens is 1. The van der Waals surface area contributed by atoms with E-state index in [0.717, 1.165) is 35.5 Å². The Morgan fingerprint density at radius 3 is 2.35 bits per heavy atom. The van der Waals surface area contributed by atoms with Crippen molar-refractivity contribution < 1.29 is 19.0 Å². The van der Waals surface area contributed by atoms with E-state index < -0.39 is 12.0 Å². The van der Waals surface area contributed by atoms with E-state index in [1.165, 1.54) is 11.3 Å². The molecule has 1 aromatic heterocycles. The first-order valence-corrected chi connectivity index (χ1v) is 16.7. The molecule has 0 aliphatic carbocycles. The quantitative estimate of drug-likeness (QED) is 0.167. The number of allylic oxidation sites excluding steroid dienone is 1. The van der Waals surface area contributed by atoms with Crippen LogP contribution in [0.2, 0.25) is 5.02 Å². The van der Waals surface area contributed by atoms with Crippen LogP contribution < -0.4 is 29.3 Å². The Labute approximate surface area is 277 Å². The number of aromatic nitrogens is 1. The number of hydrogen-bond acceptors (Lipinski definition) is 8. The van der Waals surface area contributed by atoms with Crippen LogP contribution in [0.1, 0.15) is 57.4 Å². The van der Waals surface area contributed by atoms with Crippen molar-refractivity contribution in [3.8, 4) is 11.5 Å². The number of fused-ring (bicyclic) bond motifs is 1. The molecule has 0 spiro atoms. The van der Waals surface area contributed by atoms with Crippen LogP contribution in [0, 0.1) is 0 Å². The number of benzene rings is 3. The van der Waals surface area contributed by atoms with Gasteiger partial charge in [-0.1, -0.05) is 47.2 Å². The van der Waals surface area contributed by atoms with Gasteiger partial charge in [-0.2, -0.15) is 0 Å². The van der Waals surface area contributed by atoms with Gasteiger partial charge in [0.1, 0.15) is 18.1 Å². The minimum Gasteiger partial charge on any atom is -0.494 e. The lowest BCUT2D eigenvalue weighted by Gasteiger charge is -2.24. The molecular formula is C36H38ClN3O5S. The van der Waals surface area contributed by atoms with Crippen LogP contribution in [0.25, 0.3) is 6.08 Å². The zero-order valence-corrected chi connectivity index (χ0v) is 28.3. The number of esters is 1. The molecule has 1 aliphatic heterocycles. The first-order valence-electron chi connectivity index (χ1n) is 15.5. The number of carbonyl (C=O) groups excluding carboxylic acids is 1. The van der Waals surface area contributed by atoms with Crippen molar-refractivity contribution in [1.29, 1.82) is 0 Å². The zero-order chi connectivity index (χ0) is 32.8. The van der Waals surface area contributed by atoms with Gasteiger partial charge in [0.25, 0.3) is 5.56 Å². The lowest BCUT2D eigenvalue weighted by molar-refractivity contribution is -0.139. The number of ether oxygens (including phenoxy) is 3. The van der Waals surface area contributed by atoms with E-state index in [0.29, 0.717) is 50.3 Å². The summed E-state index contributed by atoms with van der Waals surface area (Å²) in [4.78, 5) is 34.9. The maximum Gasteiger partial charge on any atom is 0.338 e. The average molecular weight is 660 g/mol. The second-order valence-electron chi connectivity index (χ2n) is 10.6. The Kier molecular flexibility index (Phi) is 10.7. The van der Waals surface area contributed by atoms with Gasteiger partial charge in [-0.05, 0) is 88.2 Å². The summed E-state index contributed by atoms with van der Waals surface area (Å²) in [5.74, 6) is 0.856. The Morgan fingerprint density at radius 1 is 0.978 bits per heavy atom. The molecule has 1 atom stereocenters. The van der Waals surface area contributed by atoms with E-state index >= 15 is 0 Å². The van der Waals surface area contributed by atoms with Crippen molar-refractivity contribution in [2.24, 2.45) is 4.99 Å². The first kappa shape index (κ1) is 33.0. The average Bonchev–Trinajstić information content (AvgIpc) is 3.36. The maximum absolute atomic E-state index is 14.2. The second-order valence-corrected chi connectivity index (χ2v) is 12.1. The van der Waals surface area contributed by atoms with Gasteiger partial charge in [-0.15, -0.1) is 0 Å². The van der Waals surface area contributed by atoms with Crippen LogP contribution in [-0.2, 0) is 16.1 Å². The molecule has 5 rings (SSSR count). The molecule has 0 radical (unpaired) electrons. The molecule has 0 bridgehead atoms. The lowest BCUT2D eigenvalue weighted by Crippen LogP contribution is -2.39. The van der Waals surface area contributed by atoms with Gasteiger partial charge in [-0.25, -0.2) is 9.79 Å². The largest absolute Gasteiger partial charge is 0.494 e. The molecule has 0 amide bonds. The molecule has 10 heteroatoms. The predicted molar refractivity (Wildman–Crippen MR) is 184 cm³/mol. The molecule has 8 nitrogen and oxygen atoms in total. The van der Waals surface area contributed by atoms with Crippen molar-refractivity contribution in [2.75, 3.05) is 31.2 Å². The second kappa shape index (κ2) is 14.8. The highest BCUT2D eigenvalue weighted by Crippen LogP contribution is 2.32. The third kappa shape index (κ3) is 7.06. The molecule has 0 saturated carbocycles. The summed E-state index contributed by atoms with van der Waals surface area (Å²) in [6, 6.07) is 20.3. The van der Waals surface area contributed by atoms with Crippen LogP contribution in [0.4, 0.5) is 5.69 Å². The highest BCUT2D eigenvalue weighted by Gasteiger charge is 2.33. The summed E-state index contributed by atoms with van der Waals surface area (Å²) >= 11 is 7.36. The normalized spacial score (nSPS) is 14.5. The van der Waals surface area contributed by atoms with Crippen molar-refractivity contribution in [3.05, 3.63) is 119 Å². The van der Waals surface area contributed by atoms with Gasteiger partial charge in [0, 0.05) is 35.4 Å². The number of thiazole rings is 1. The summed E-state index contributed by atoms with van der Waals surface area (Å²) in [5, 5.41) is 0.660. The molecule has 0 saturated heterocycles. The fraction of sp³-hybridized carbons (Fsp3) is 0.306. The van der Waals surface area contributed by atoms with Crippen LogP contribution in [0.15, 0.2) is 87.8 Å². The number of anilines is 1. The van der Waals surface area contributed by atoms with Crippen molar-refractivity contribution in [1.82, 2.24) is 4.57 Å². The molecule has 0 fully saturated rings. The van der Waals surface area contributed by atoms with Crippen LogP contribution in [-0.4, -0.2) is 36.8 Å². The maximum atomic E-state index is 14.2. The summed E-state index contributed by atoms with van der Waals surface area (Å²) in [6.45, 7) is 12.4. The van der Waals surface area contributed by atoms with Crippen LogP contribution in [0.5, 0.6) is 11.5 Å². The van der Waals surface area contributed by atoms with E-state index in [-0.39, 0.29) is 12.2 Å². The Hall–Kier alpha value is -4.34. The summed E-state index contributed by atoms with van der Waals surface area (Å²) < 4.78 is 19.5. The summed E-state index contributed by atoms with van der Waals surface area (Å²) in [6.07, 6.45) is 1.84. The van der Waals surface area contributed by atoms with Gasteiger partial charge < -0.3 is 19.1 Å². The number of nitrogens with zero attached hydrogens (tertiary/aromatic N) is 3. The first-order chi connectivity index (χ1) is 22.3. The van der Waals surface area contributed by atoms with Gasteiger partial charge >= 0.3 is 5.97 Å². The minimum absolute atomic E-state index is 0.207. The Balaban J connectivity index is 1.63. The van der Waals surface area contributed by atoms with Gasteiger partial charge in [-0.3, -0.25) is 9.36 Å². The third-order valence-electron chi connectivity index (χ3n) is 7.74. The minimum atomic E-state index is -0.709. The molecule has 1 aliphatic rings. The summed E-state index contributed by atoms with van der Waals surface area (Å²) in [5.41, 5.74) is 4.10. The highest BCUT2D eigenvalue weighted by molar-refractivity contribution is 7.07. The van der Waals surface area contributed by atoms with E-state index in [2.05, 4.69) is 18.7 Å². The number of rotatable bonds is 12. The van der Waals surface area contributed by atoms with Gasteiger partial charge in [0.05, 0.1) is 35.1 Å². The molecule has 0 N–H and O–H groups in total. The smallest absolute Gasteiger partial charge is 0.338 e. The van der Waals surface area contributed by atoms with Crippen LogP contribution in [0.3, 0.4) is 0 Å². The summed E-state index contributed by atoms with van der Waals surface area (Å²) in [7, 11) is 0. The van der Waals surface area contributed by atoms with Crippen molar-refractivity contribution in [3.63, 3.8) is 0 Å². The van der Waals surface area contributed by atoms with Crippen LogP contribution >= 0.6 is 22.9 Å². The van der Waals surface area contributed by atoms with E-state index in [1.54, 1.807) is 18.4 Å². The third-order valence-corrected chi connectivity index (χ3v) is 8.98. The van der Waals surface area contributed by atoms with Crippen molar-refractivity contribution >= 4 is 40.7 Å². The van der Waals surface area contributed by atoms with Gasteiger partial charge in [0.15, 0.2) is 4.80 Å². The SMILES string of the molecule is CCOC(=O)C1=C(C)N=c2s/c(=C\c3ccc(N(CC)CC)cc3OCc3ccc(Cl)cc3)c(=O)n2[C@H]1c1ccc(OCC)cc1.